The Morgan fingerprint density at radius 2 is 1.57 bits per heavy atom. The molecule has 0 atom stereocenters. The number of nitro benzene ring substituents is 1. The molecule has 0 saturated carbocycles. The third kappa shape index (κ3) is 5.70. The molecule has 0 aliphatic heterocycles. The van der Waals surface area contributed by atoms with Crippen LogP contribution in [0.2, 0.25) is 0 Å². The van der Waals surface area contributed by atoms with E-state index in [1.165, 1.54) is 51.8 Å². The Morgan fingerprint density at radius 3 is 2.17 bits per heavy atom. The van der Waals surface area contributed by atoms with Gasteiger partial charge in [-0.25, -0.2) is 8.42 Å². The maximum atomic E-state index is 13.2. The van der Waals surface area contributed by atoms with Crippen molar-refractivity contribution in [1.29, 1.82) is 0 Å². The van der Waals surface area contributed by atoms with Crippen molar-refractivity contribution in [3.8, 4) is 23.0 Å². The number of ether oxygens (including phenoxy) is 3. The number of non-ortho nitro benzene ring substituents is 1. The van der Waals surface area contributed by atoms with E-state index in [0.29, 0.717) is 5.56 Å². The number of aromatic hydroxyl groups is 1. The van der Waals surface area contributed by atoms with Crippen LogP contribution < -0.4 is 24.4 Å². The SMILES string of the molecule is COc1ccccc1NS(=O)(=O)c1cc([N+](=O)[O-])ccc1NN=Cc1cc(OC)c(O)c(OC)c1. The van der Waals surface area contributed by atoms with E-state index in [2.05, 4.69) is 15.2 Å². The van der Waals surface area contributed by atoms with Gasteiger partial charge in [0, 0.05) is 17.7 Å². The second kappa shape index (κ2) is 10.6. The molecule has 35 heavy (non-hydrogen) atoms. The summed E-state index contributed by atoms with van der Waals surface area (Å²) in [6.45, 7) is 0. The van der Waals surface area contributed by atoms with Gasteiger partial charge in [-0.3, -0.25) is 20.3 Å². The van der Waals surface area contributed by atoms with Gasteiger partial charge in [0.25, 0.3) is 15.7 Å². The molecule has 13 heteroatoms. The van der Waals surface area contributed by atoms with Crippen molar-refractivity contribution in [2.75, 3.05) is 31.5 Å². The minimum absolute atomic E-state index is 0.0213. The highest BCUT2D eigenvalue weighted by atomic mass is 32.2. The smallest absolute Gasteiger partial charge is 0.270 e. The molecule has 3 N–H and O–H groups in total. The maximum Gasteiger partial charge on any atom is 0.270 e. The van der Waals surface area contributed by atoms with E-state index in [9.17, 15) is 23.6 Å². The zero-order chi connectivity index (χ0) is 25.6. The van der Waals surface area contributed by atoms with Crippen LogP contribution in [0.4, 0.5) is 17.1 Å². The van der Waals surface area contributed by atoms with Gasteiger partial charge in [0.05, 0.1) is 43.8 Å². The fourth-order valence-corrected chi connectivity index (χ4v) is 4.28. The molecule has 3 rings (SSSR count). The van der Waals surface area contributed by atoms with Gasteiger partial charge in [-0.05, 0) is 30.3 Å². The summed E-state index contributed by atoms with van der Waals surface area (Å²) in [4.78, 5) is 10.2. The van der Waals surface area contributed by atoms with Crippen molar-refractivity contribution in [1.82, 2.24) is 0 Å². The number of anilines is 2. The molecule has 0 spiro atoms. The van der Waals surface area contributed by atoms with Gasteiger partial charge in [-0.2, -0.15) is 5.10 Å². The Balaban J connectivity index is 1.97. The minimum Gasteiger partial charge on any atom is -0.502 e. The Kier molecular flexibility index (Phi) is 7.61. The lowest BCUT2D eigenvalue weighted by Gasteiger charge is -2.14. The van der Waals surface area contributed by atoms with E-state index in [1.54, 1.807) is 18.2 Å². The van der Waals surface area contributed by atoms with E-state index in [-0.39, 0.29) is 34.4 Å². The fourth-order valence-electron chi connectivity index (χ4n) is 3.03. The summed E-state index contributed by atoms with van der Waals surface area (Å²) in [7, 11) is -0.171. The van der Waals surface area contributed by atoms with Gasteiger partial charge >= 0.3 is 0 Å². The Bertz CT molecular complexity index is 1350. The number of methoxy groups -OCH3 is 3. The summed E-state index contributed by atoms with van der Waals surface area (Å²) >= 11 is 0. The average molecular weight is 503 g/mol. The zero-order valence-electron chi connectivity index (χ0n) is 18.9. The summed E-state index contributed by atoms with van der Waals surface area (Å²) < 4.78 is 44.1. The lowest BCUT2D eigenvalue weighted by atomic mass is 10.2. The number of sulfonamides is 1. The van der Waals surface area contributed by atoms with Crippen molar-refractivity contribution in [2.24, 2.45) is 5.10 Å². The molecule has 0 bridgehead atoms. The molecular weight excluding hydrogens is 480 g/mol. The second-order valence-electron chi connectivity index (χ2n) is 6.89. The van der Waals surface area contributed by atoms with Crippen LogP contribution in [-0.4, -0.2) is 46.0 Å². The fraction of sp³-hybridized carbons (Fsp3) is 0.136. The molecule has 0 amide bonds. The van der Waals surface area contributed by atoms with Crippen molar-refractivity contribution in [3.63, 3.8) is 0 Å². The minimum atomic E-state index is -4.30. The zero-order valence-corrected chi connectivity index (χ0v) is 19.7. The van der Waals surface area contributed by atoms with Crippen LogP contribution >= 0.6 is 0 Å². The molecular formula is C22H22N4O8S. The molecule has 184 valence electrons. The molecule has 0 aliphatic carbocycles. The van der Waals surface area contributed by atoms with Gasteiger partial charge in [-0.1, -0.05) is 12.1 Å². The Morgan fingerprint density at radius 1 is 0.943 bits per heavy atom. The van der Waals surface area contributed by atoms with Crippen LogP contribution in [-0.2, 0) is 10.0 Å². The number of nitrogens with zero attached hydrogens (tertiary/aromatic N) is 2. The van der Waals surface area contributed by atoms with Crippen molar-refractivity contribution < 1.29 is 32.7 Å². The number of phenols is 1. The van der Waals surface area contributed by atoms with Crippen LogP contribution in [0.3, 0.4) is 0 Å². The van der Waals surface area contributed by atoms with Gasteiger partial charge in [0.1, 0.15) is 10.6 Å². The van der Waals surface area contributed by atoms with Crippen LogP contribution in [0.15, 0.2) is 64.6 Å². The first-order valence-corrected chi connectivity index (χ1v) is 11.4. The molecule has 0 unspecified atom stereocenters. The number of nitrogens with one attached hydrogen (secondary N) is 2. The number of hydrogen-bond acceptors (Lipinski definition) is 10. The van der Waals surface area contributed by atoms with Gasteiger partial charge in [0.15, 0.2) is 11.5 Å². The molecule has 3 aromatic rings. The normalized spacial score (nSPS) is 11.2. The quantitative estimate of drug-likeness (QED) is 0.214. The topological polar surface area (TPSA) is 162 Å². The van der Waals surface area contributed by atoms with Crippen molar-refractivity contribution in [2.45, 2.75) is 4.90 Å². The lowest BCUT2D eigenvalue weighted by Crippen LogP contribution is -2.15. The highest BCUT2D eigenvalue weighted by Crippen LogP contribution is 2.37. The van der Waals surface area contributed by atoms with Gasteiger partial charge < -0.3 is 19.3 Å². The number of hydrazone groups is 1. The first kappa shape index (κ1) is 25.1. The largest absolute Gasteiger partial charge is 0.502 e. The molecule has 0 fully saturated rings. The number of benzene rings is 3. The first-order valence-electron chi connectivity index (χ1n) is 9.88. The van der Waals surface area contributed by atoms with Gasteiger partial charge in [0.2, 0.25) is 5.75 Å². The molecule has 3 aromatic carbocycles. The van der Waals surface area contributed by atoms with E-state index in [4.69, 9.17) is 14.2 Å². The van der Waals surface area contributed by atoms with E-state index < -0.39 is 25.5 Å². The summed E-state index contributed by atoms with van der Waals surface area (Å²) in [6.07, 6.45) is 1.33. The first-order chi connectivity index (χ1) is 16.7. The molecule has 0 saturated heterocycles. The highest BCUT2D eigenvalue weighted by molar-refractivity contribution is 7.93. The molecule has 0 aromatic heterocycles. The number of hydrogen-bond donors (Lipinski definition) is 3. The van der Waals surface area contributed by atoms with E-state index >= 15 is 0 Å². The van der Waals surface area contributed by atoms with Crippen LogP contribution in [0.5, 0.6) is 23.0 Å². The summed E-state index contributed by atoms with van der Waals surface area (Å²) in [5.41, 5.74) is 2.76. The van der Waals surface area contributed by atoms with E-state index in [0.717, 1.165) is 12.1 Å². The second-order valence-corrected chi connectivity index (χ2v) is 8.54. The van der Waals surface area contributed by atoms with Crippen LogP contribution in [0, 0.1) is 10.1 Å². The molecule has 12 nitrogen and oxygen atoms in total. The molecule has 0 radical (unpaired) electrons. The van der Waals surface area contributed by atoms with Crippen molar-refractivity contribution in [3.05, 3.63) is 70.3 Å². The number of nitro groups is 1. The third-order valence-electron chi connectivity index (χ3n) is 4.72. The predicted octanol–water partition coefficient (Wildman–Crippen LogP) is 3.57. The standard InChI is InChI=1S/C22H22N4O8S/c1-32-18-7-5-4-6-16(18)25-35(30,31)21-12-15(26(28)29)8-9-17(21)24-23-13-14-10-19(33-2)22(27)20(11-14)34-3/h4-13,24-25,27H,1-3H3. The lowest BCUT2D eigenvalue weighted by molar-refractivity contribution is -0.385. The van der Waals surface area contributed by atoms with Gasteiger partial charge in [-0.15, -0.1) is 0 Å². The molecule has 0 aliphatic rings. The maximum absolute atomic E-state index is 13.2. The Labute approximate surface area is 201 Å². The summed E-state index contributed by atoms with van der Waals surface area (Å²) in [6, 6.07) is 12.6. The van der Waals surface area contributed by atoms with Crippen molar-refractivity contribution >= 4 is 33.3 Å². The number of para-hydroxylation sites is 2. The third-order valence-corrected chi connectivity index (χ3v) is 6.12. The Hall–Kier alpha value is -4.52. The van der Waals surface area contributed by atoms with Crippen LogP contribution in [0.25, 0.3) is 0 Å². The monoisotopic (exact) mass is 502 g/mol. The number of rotatable bonds is 10. The number of phenolic OH excluding ortho intramolecular Hbond substituents is 1. The summed E-state index contributed by atoms with van der Waals surface area (Å²) in [5, 5.41) is 25.3. The summed E-state index contributed by atoms with van der Waals surface area (Å²) in [5.74, 6) is 0.367. The average Bonchev–Trinajstić information content (AvgIpc) is 2.84. The molecule has 0 heterocycles. The van der Waals surface area contributed by atoms with E-state index in [1.807, 2.05) is 0 Å². The predicted molar refractivity (Wildman–Crippen MR) is 129 cm³/mol. The van der Waals surface area contributed by atoms with Crippen LogP contribution in [0.1, 0.15) is 5.56 Å². The highest BCUT2D eigenvalue weighted by Gasteiger charge is 2.24.